The molecule has 0 saturated heterocycles. The van der Waals surface area contributed by atoms with E-state index in [1.807, 2.05) is 6.92 Å². The van der Waals surface area contributed by atoms with Gasteiger partial charge in [-0.2, -0.15) is 0 Å². The smallest absolute Gasteiger partial charge is 0.344 e. The van der Waals surface area contributed by atoms with Crippen LogP contribution in [0.15, 0.2) is 62.1 Å². The van der Waals surface area contributed by atoms with Gasteiger partial charge in [-0.25, -0.2) is 9.79 Å². The van der Waals surface area contributed by atoms with E-state index in [1.54, 1.807) is 43.3 Å². The van der Waals surface area contributed by atoms with E-state index in [9.17, 15) is 14.7 Å². The number of rotatable bonds is 7. The number of methoxy groups -OCH3 is 1. The van der Waals surface area contributed by atoms with Crippen LogP contribution in [-0.4, -0.2) is 42.4 Å². The third-order valence-electron chi connectivity index (χ3n) is 4.51. The lowest BCUT2D eigenvalue weighted by molar-refractivity contribution is -0.138. The van der Waals surface area contributed by atoms with Gasteiger partial charge in [-0.05, 0) is 65.7 Å². The average molecular weight is 567 g/mol. The summed E-state index contributed by atoms with van der Waals surface area (Å²) in [6, 6.07) is 9.96. The first-order valence-electron chi connectivity index (χ1n) is 10.2. The molecule has 2 aromatic carbocycles. The second-order valence-corrected chi connectivity index (χ2v) is 9.02. The Morgan fingerprint density at radius 3 is 2.59 bits per heavy atom. The highest BCUT2D eigenvalue weighted by molar-refractivity contribution is 9.10. The fourth-order valence-corrected chi connectivity index (χ4v) is 4.91. The lowest BCUT2D eigenvalue weighted by Crippen LogP contribution is -2.14. The highest BCUT2D eigenvalue weighted by Crippen LogP contribution is 2.42. The Hall–Kier alpha value is -2.75. The molecule has 1 amide bonds. The number of carbonyl (C=O) groups excluding carboxylic acids is 2. The summed E-state index contributed by atoms with van der Waals surface area (Å²) in [5.74, 6) is -0.727. The molecule has 10 heteroatoms. The number of aliphatic hydroxyl groups excluding tert-OH is 1. The van der Waals surface area contributed by atoms with Gasteiger partial charge in [0, 0.05) is 0 Å². The lowest BCUT2D eigenvalue weighted by atomic mass is 10.1. The summed E-state index contributed by atoms with van der Waals surface area (Å²) in [6.07, 6.45) is 1.65. The van der Waals surface area contributed by atoms with Gasteiger partial charge in [-0.1, -0.05) is 35.5 Å². The average Bonchev–Trinajstić information content (AvgIpc) is 3.08. The Balaban J connectivity index is 2.07. The standard InChI is InChI=1S/C24H21BrClNO6S/c1-4-32-17-11-13(10-15(25)21(17)31-3)12-18-20(28)19(24(30)33-5-2)23(34-18)27-22(29)14-8-6-7-9-16(14)26/h6-12,28H,4-5H2,1-3H3/b18-12-,27-23?. The van der Waals surface area contributed by atoms with E-state index in [1.165, 1.54) is 13.2 Å². The fraction of sp³-hybridized carbons (Fsp3) is 0.208. The summed E-state index contributed by atoms with van der Waals surface area (Å²) >= 11 is 10.5. The third-order valence-corrected chi connectivity index (χ3v) is 6.45. The highest BCUT2D eigenvalue weighted by Gasteiger charge is 2.34. The maximum atomic E-state index is 12.8. The SMILES string of the molecule is CCOC(=O)C1=C(O)/C(=C/c2cc(Br)c(OC)c(OCC)c2)SC1=NC(=O)c1ccccc1Cl. The summed E-state index contributed by atoms with van der Waals surface area (Å²) in [7, 11) is 1.53. The van der Waals surface area contributed by atoms with Crippen LogP contribution >= 0.6 is 39.3 Å². The summed E-state index contributed by atoms with van der Waals surface area (Å²) in [5, 5.41) is 11.1. The van der Waals surface area contributed by atoms with Crippen LogP contribution in [0.1, 0.15) is 29.8 Å². The molecule has 1 aliphatic rings. The quantitative estimate of drug-likeness (QED) is 0.398. The number of nitrogens with zero attached hydrogens (tertiary/aromatic N) is 1. The topological polar surface area (TPSA) is 94.4 Å². The van der Waals surface area contributed by atoms with E-state index in [4.69, 9.17) is 25.8 Å². The molecule has 0 radical (unpaired) electrons. The highest BCUT2D eigenvalue weighted by atomic mass is 79.9. The molecule has 1 aliphatic heterocycles. The van der Waals surface area contributed by atoms with Gasteiger partial charge in [0.25, 0.3) is 5.91 Å². The van der Waals surface area contributed by atoms with Gasteiger partial charge >= 0.3 is 5.97 Å². The number of carbonyl (C=O) groups is 2. The van der Waals surface area contributed by atoms with Crippen molar-refractivity contribution in [1.29, 1.82) is 0 Å². The number of aliphatic hydroxyl groups is 1. The monoisotopic (exact) mass is 565 g/mol. The molecule has 0 aromatic heterocycles. The first-order chi connectivity index (χ1) is 16.3. The molecule has 0 bridgehead atoms. The molecule has 0 saturated carbocycles. The molecule has 34 heavy (non-hydrogen) atoms. The maximum Gasteiger partial charge on any atom is 0.344 e. The largest absolute Gasteiger partial charge is 0.506 e. The molecule has 1 heterocycles. The Kier molecular flexibility index (Phi) is 8.82. The van der Waals surface area contributed by atoms with Crippen molar-refractivity contribution in [1.82, 2.24) is 0 Å². The molecule has 0 atom stereocenters. The van der Waals surface area contributed by atoms with Crippen molar-refractivity contribution in [2.45, 2.75) is 13.8 Å². The maximum absolute atomic E-state index is 12.8. The van der Waals surface area contributed by atoms with E-state index < -0.39 is 11.9 Å². The second kappa shape index (κ2) is 11.6. The van der Waals surface area contributed by atoms with Crippen LogP contribution in [0.5, 0.6) is 11.5 Å². The zero-order chi connectivity index (χ0) is 24.8. The first-order valence-corrected chi connectivity index (χ1v) is 12.2. The van der Waals surface area contributed by atoms with Gasteiger partial charge in [-0.15, -0.1) is 0 Å². The Bertz CT molecular complexity index is 1220. The minimum absolute atomic E-state index is 0.0183. The van der Waals surface area contributed by atoms with E-state index in [2.05, 4.69) is 20.9 Å². The molecule has 0 aliphatic carbocycles. The minimum atomic E-state index is -0.785. The van der Waals surface area contributed by atoms with Gasteiger partial charge in [-0.3, -0.25) is 4.79 Å². The van der Waals surface area contributed by atoms with Gasteiger partial charge in [0.1, 0.15) is 16.4 Å². The molecule has 178 valence electrons. The summed E-state index contributed by atoms with van der Waals surface area (Å²) < 4.78 is 16.7. The lowest BCUT2D eigenvalue weighted by Gasteiger charge is -2.12. The van der Waals surface area contributed by atoms with E-state index >= 15 is 0 Å². The summed E-state index contributed by atoms with van der Waals surface area (Å²) in [6.45, 7) is 4.01. The number of aliphatic imine (C=N–C) groups is 1. The van der Waals surface area contributed by atoms with Crippen molar-refractivity contribution in [2.24, 2.45) is 4.99 Å². The minimum Gasteiger partial charge on any atom is -0.506 e. The van der Waals surface area contributed by atoms with E-state index in [0.29, 0.717) is 33.0 Å². The predicted octanol–water partition coefficient (Wildman–Crippen LogP) is 6.21. The van der Waals surface area contributed by atoms with E-state index in [0.717, 1.165) is 11.8 Å². The van der Waals surface area contributed by atoms with Crippen molar-refractivity contribution in [2.75, 3.05) is 20.3 Å². The van der Waals surface area contributed by atoms with Crippen LogP contribution < -0.4 is 9.47 Å². The predicted molar refractivity (Wildman–Crippen MR) is 137 cm³/mol. The fourth-order valence-electron chi connectivity index (χ4n) is 3.06. The van der Waals surface area contributed by atoms with Crippen LogP contribution in [0.4, 0.5) is 0 Å². The molecule has 0 spiro atoms. The molecule has 1 N–H and O–H groups in total. The van der Waals surface area contributed by atoms with Crippen LogP contribution in [0.3, 0.4) is 0 Å². The molecule has 7 nitrogen and oxygen atoms in total. The number of ether oxygens (including phenoxy) is 3. The van der Waals surface area contributed by atoms with Crippen molar-refractivity contribution in [3.63, 3.8) is 0 Å². The van der Waals surface area contributed by atoms with Crippen LogP contribution in [0.2, 0.25) is 5.02 Å². The number of hydrogen-bond donors (Lipinski definition) is 1. The molecule has 0 fully saturated rings. The summed E-state index contributed by atoms with van der Waals surface area (Å²) in [4.78, 5) is 29.7. The van der Waals surface area contributed by atoms with Crippen molar-refractivity contribution < 1.29 is 28.9 Å². The van der Waals surface area contributed by atoms with Gasteiger partial charge in [0.05, 0.1) is 40.3 Å². The molecule has 2 aromatic rings. The Morgan fingerprint density at radius 1 is 1.21 bits per heavy atom. The van der Waals surface area contributed by atoms with Crippen molar-refractivity contribution in [3.05, 3.63) is 73.3 Å². The van der Waals surface area contributed by atoms with Crippen LogP contribution in [-0.2, 0) is 9.53 Å². The van der Waals surface area contributed by atoms with Gasteiger partial charge in [0.2, 0.25) is 0 Å². The van der Waals surface area contributed by atoms with Crippen LogP contribution in [0.25, 0.3) is 6.08 Å². The van der Waals surface area contributed by atoms with E-state index in [-0.39, 0.29) is 33.6 Å². The van der Waals surface area contributed by atoms with Crippen molar-refractivity contribution >= 4 is 62.3 Å². The second-order valence-electron chi connectivity index (χ2n) is 6.72. The summed E-state index contributed by atoms with van der Waals surface area (Å²) in [5.41, 5.74) is 0.654. The molecule has 3 rings (SSSR count). The zero-order valence-electron chi connectivity index (χ0n) is 18.6. The number of amides is 1. The number of halogens is 2. The van der Waals surface area contributed by atoms with Gasteiger partial charge in [0.15, 0.2) is 11.5 Å². The number of hydrogen-bond acceptors (Lipinski definition) is 7. The van der Waals surface area contributed by atoms with Gasteiger partial charge < -0.3 is 19.3 Å². The number of benzene rings is 2. The molecule has 0 unspecified atom stereocenters. The molecular weight excluding hydrogens is 546 g/mol. The Morgan fingerprint density at radius 2 is 1.94 bits per heavy atom. The first kappa shape index (κ1) is 25.9. The zero-order valence-corrected chi connectivity index (χ0v) is 21.7. The number of esters is 1. The third kappa shape index (κ3) is 5.65. The molecular formula is C24H21BrClNO6S. The Labute approximate surface area is 214 Å². The van der Waals surface area contributed by atoms with Crippen molar-refractivity contribution in [3.8, 4) is 11.5 Å². The normalized spacial score (nSPS) is 15.7. The van der Waals surface area contributed by atoms with Crippen LogP contribution in [0, 0.1) is 0 Å². The number of thioether (sulfide) groups is 1.